The van der Waals surface area contributed by atoms with Gasteiger partial charge in [-0.25, -0.2) is 13.1 Å². The smallest absolute Gasteiger partial charge is 0.305 e. The summed E-state index contributed by atoms with van der Waals surface area (Å²) in [6.07, 6.45) is 2.24. The predicted octanol–water partition coefficient (Wildman–Crippen LogP) is -0.593. The first-order valence-corrected chi connectivity index (χ1v) is 7.05. The maximum Gasteiger partial charge on any atom is 0.305 e. The quantitative estimate of drug-likeness (QED) is 0.617. The summed E-state index contributed by atoms with van der Waals surface area (Å²) in [5, 5.41) is 21.8. The van der Waals surface area contributed by atoms with Gasteiger partial charge in [-0.05, 0) is 13.8 Å². The molecule has 0 spiro atoms. The first-order valence-electron chi connectivity index (χ1n) is 5.56. The lowest BCUT2D eigenvalue weighted by Crippen LogP contribution is -2.38. The Hall–Kier alpha value is -1.45. The zero-order valence-electron chi connectivity index (χ0n) is 10.7. The molecule has 108 valence electrons. The number of hydrogen-bond donors (Lipinski definition) is 3. The normalized spacial score (nSPS) is 12.6. The molecule has 0 amide bonds. The topological polar surface area (TPSA) is 122 Å². The maximum atomic E-state index is 11.8. The number of aliphatic hydroxyl groups is 1. The molecule has 0 radical (unpaired) electrons. The molecule has 0 aromatic carbocycles. The molecule has 1 aromatic rings. The van der Waals surface area contributed by atoms with E-state index in [-0.39, 0.29) is 24.4 Å². The van der Waals surface area contributed by atoms with Crippen molar-refractivity contribution in [3.05, 3.63) is 12.4 Å². The van der Waals surface area contributed by atoms with E-state index < -0.39 is 21.6 Å². The molecular weight excluding hydrogens is 274 g/mol. The molecule has 9 heteroatoms. The second-order valence-electron chi connectivity index (χ2n) is 4.72. The van der Waals surface area contributed by atoms with Crippen molar-refractivity contribution in [2.75, 3.05) is 6.54 Å². The number of nitrogens with one attached hydrogen (secondary N) is 1. The molecule has 0 aliphatic carbocycles. The van der Waals surface area contributed by atoms with Crippen LogP contribution in [0.15, 0.2) is 17.3 Å². The van der Waals surface area contributed by atoms with Gasteiger partial charge in [0.2, 0.25) is 10.0 Å². The second kappa shape index (κ2) is 5.68. The van der Waals surface area contributed by atoms with Crippen molar-refractivity contribution in [2.24, 2.45) is 0 Å². The van der Waals surface area contributed by atoms with E-state index in [1.165, 1.54) is 24.7 Å². The third kappa shape index (κ3) is 5.37. The minimum absolute atomic E-state index is 0.0675. The van der Waals surface area contributed by atoms with Gasteiger partial charge in [-0.15, -0.1) is 0 Å². The van der Waals surface area contributed by atoms with Gasteiger partial charge in [-0.3, -0.25) is 9.48 Å². The van der Waals surface area contributed by atoms with E-state index in [2.05, 4.69) is 9.82 Å². The first-order chi connectivity index (χ1) is 8.60. The van der Waals surface area contributed by atoms with Crippen molar-refractivity contribution in [3.63, 3.8) is 0 Å². The lowest BCUT2D eigenvalue weighted by atomic mass is 10.1. The van der Waals surface area contributed by atoms with Crippen molar-refractivity contribution < 1.29 is 23.4 Å². The van der Waals surface area contributed by atoms with Crippen LogP contribution in [0.3, 0.4) is 0 Å². The molecule has 0 aliphatic rings. The van der Waals surface area contributed by atoms with Crippen LogP contribution in [0.2, 0.25) is 0 Å². The van der Waals surface area contributed by atoms with E-state index >= 15 is 0 Å². The van der Waals surface area contributed by atoms with Crippen LogP contribution in [0.1, 0.15) is 20.3 Å². The van der Waals surface area contributed by atoms with E-state index in [0.717, 1.165) is 6.20 Å². The number of hydrogen-bond acceptors (Lipinski definition) is 5. The minimum Gasteiger partial charge on any atom is -0.481 e. The van der Waals surface area contributed by atoms with Crippen LogP contribution in [0, 0.1) is 0 Å². The highest BCUT2D eigenvalue weighted by Gasteiger charge is 2.21. The molecule has 0 saturated heterocycles. The summed E-state index contributed by atoms with van der Waals surface area (Å²) in [5.41, 5.74) is -1.16. The van der Waals surface area contributed by atoms with Crippen LogP contribution in [0.25, 0.3) is 0 Å². The van der Waals surface area contributed by atoms with Gasteiger partial charge in [0.05, 0.1) is 24.8 Å². The molecule has 3 N–H and O–H groups in total. The molecule has 0 aliphatic heterocycles. The third-order valence-electron chi connectivity index (χ3n) is 2.17. The number of sulfonamides is 1. The SMILES string of the molecule is CC(C)(O)CNS(=O)(=O)c1cnn(CCC(=O)O)c1. The molecule has 0 saturated carbocycles. The van der Waals surface area contributed by atoms with Gasteiger partial charge in [0.15, 0.2) is 0 Å². The number of carbonyl (C=O) groups is 1. The van der Waals surface area contributed by atoms with Crippen molar-refractivity contribution in [1.82, 2.24) is 14.5 Å². The number of rotatable bonds is 7. The minimum atomic E-state index is -3.75. The van der Waals surface area contributed by atoms with Gasteiger partial charge in [0, 0.05) is 12.7 Å². The monoisotopic (exact) mass is 291 g/mol. The summed E-state index contributed by atoms with van der Waals surface area (Å²) in [7, 11) is -3.75. The Balaban J connectivity index is 2.71. The lowest BCUT2D eigenvalue weighted by molar-refractivity contribution is -0.137. The van der Waals surface area contributed by atoms with Crippen molar-refractivity contribution in [2.45, 2.75) is 37.3 Å². The van der Waals surface area contributed by atoms with E-state index in [4.69, 9.17) is 5.11 Å². The second-order valence-corrected chi connectivity index (χ2v) is 6.49. The largest absolute Gasteiger partial charge is 0.481 e. The van der Waals surface area contributed by atoms with Crippen LogP contribution in [0.5, 0.6) is 0 Å². The van der Waals surface area contributed by atoms with Crippen LogP contribution >= 0.6 is 0 Å². The summed E-state index contributed by atoms with van der Waals surface area (Å²) in [6.45, 7) is 2.92. The number of aliphatic carboxylic acids is 1. The highest BCUT2D eigenvalue weighted by molar-refractivity contribution is 7.89. The number of carboxylic acids is 1. The molecule has 1 aromatic heterocycles. The number of aromatic nitrogens is 2. The van der Waals surface area contributed by atoms with Gasteiger partial charge < -0.3 is 10.2 Å². The summed E-state index contributed by atoms with van der Waals surface area (Å²) < 4.78 is 27.2. The average Bonchev–Trinajstić information content (AvgIpc) is 2.72. The molecule has 0 fully saturated rings. The molecule has 8 nitrogen and oxygen atoms in total. The molecule has 19 heavy (non-hydrogen) atoms. The summed E-state index contributed by atoms with van der Waals surface area (Å²) >= 11 is 0. The van der Waals surface area contributed by atoms with Gasteiger partial charge in [-0.2, -0.15) is 5.10 Å². The lowest BCUT2D eigenvalue weighted by Gasteiger charge is -2.17. The highest BCUT2D eigenvalue weighted by Crippen LogP contribution is 2.09. The van der Waals surface area contributed by atoms with Crippen LogP contribution in [-0.2, 0) is 21.4 Å². The van der Waals surface area contributed by atoms with Gasteiger partial charge in [0.1, 0.15) is 4.90 Å². The van der Waals surface area contributed by atoms with E-state index in [0.29, 0.717) is 0 Å². The number of aryl methyl sites for hydroxylation is 1. The summed E-state index contributed by atoms with van der Waals surface area (Å²) in [5.74, 6) is -0.986. The van der Waals surface area contributed by atoms with Gasteiger partial charge in [-0.1, -0.05) is 0 Å². The van der Waals surface area contributed by atoms with Crippen LogP contribution < -0.4 is 4.72 Å². The number of nitrogens with zero attached hydrogens (tertiary/aromatic N) is 2. The van der Waals surface area contributed by atoms with Crippen LogP contribution in [0.4, 0.5) is 0 Å². The number of carboxylic acid groups (broad SMARTS) is 1. The fourth-order valence-corrected chi connectivity index (χ4v) is 2.33. The fraction of sp³-hybridized carbons (Fsp3) is 0.600. The predicted molar refractivity (Wildman–Crippen MR) is 66.0 cm³/mol. The van der Waals surface area contributed by atoms with E-state index in [1.54, 1.807) is 0 Å². The van der Waals surface area contributed by atoms with Gasteiger partial charge >= 0.3 is 5.97 Å². The molecule has 0 unspecified atom stereocenters. The zero-order valence-corrected chi connectivity index (χ0v) is 11.5. The fourth-order valence-electron chi connectivity index (χ4n) is 1.17. The molecular formula is C10H17N3O5S. The van der Waals surface area contributed by atoms with E-state index in [9.17, 15) is 18.3 Å². The molecule has 0 bridgehead atoms. The van der Waals surface area contributed by atoms with Crippen molar-refractivity contribution in [1.29, 1.82) is 0 Å². The summed E-state index contributed by atoms with van der Waals surface area (Å²) in [6, 6.07) is 0. The Labute approximate surface area is 111 Å². The zero-order chi connectivity index (χ0) is 14.7. The van der Waals surface area contributed by atoms with Crippen LogP contribution in [-0.4, -0.2) is 46.5 Å². The highest BCUT2D eigenvalue weighted by atomic mass is 32.2. The Morgan fingerprint density at radius 3 is 2.68 bits per heavy atom. The summed E-state index contributed by atoms with van der Waals surface area (Å²) in [4.78, 5) is 10.3. The molecule has 1 heterocycles. The van der Waals surface area contributed by atoms with Gasteiger partial charge in [0.25, 0.3) is 0 Å². The standard InChI is InChI=1S/C10H17N3O5S/c1-10(2,16)7-12-19(17,18)8-5-11-13(6-8)4-3-9(14)15/h5-6,12,16H,3-4,7H2,1-2H3,(H,14,15). The maximum absolute atomic E-state index is 11.8. The Morgan fingerprint density at radius 2 is 2.16 bits per heavy atom. The average molecular weight is 291 g/mol. The first kappa shape index (κ1) is 15.6. The van der Waals surface area contributed by atoms with Crippen molar-refractivity contribution in [3.8, 4) is 0 Å². The van der Waals surface area contributed by atoms with Crippen molar-refractivity contribution >= 4 is 16.0 Å². The Bertz CT molecular complexity index is 544. The van der Waals surface area contributed by atoms with E-state index in [1.807, 2.05) is 0 Å². The molecule has 0 atom stereocenters. The Kier molecular flexibility index (Phi) is 4.66. The molecule has 1 rings (SSSR count). The third-order valence-corrected chi connectivity index (χ3v) is 3.53. The Morgan fingerprint density at radius 1 is 1.53 bits per heavy atom.